The van der Waals surface area contributed by atoms with E-state index in [1.807, 2.05) is 25.6 Å². The zero-order valence-corrected chi connectivity index (χ0v) is 16.0. The lowest BCUT2D eigenvalue weighted by atomic mass is 9.95. The van der Waals surface area contributed by atoms with Gasteiger partial charge in [0.1, 0.15) is 0 Å². The maximum absolute atomic E-state index is 11.8. The minimum atomic E-state index is -3.12. The van der Waals surface area contributed by atoms with Crippen molar-refractivity contribution in [3.05, 3.63) is 29.5 Å². The number of rotatable bonds is 4. The summed E-state index contributed by atoms with van der Waals surface area (Å²) in [6.45, 7) is 5.18. The highest BCUT2D eigenvalue weighted by Gasteiger charge is 2.26. The topological polar surface area (TPSA) is 81.0 Å². The smallest absolute Gasteiger partial charge is 0.211 e. The minimum absolute atomic E-state index is 0.282. The van der Waals surface area contributed by atoms with Gasteiger partial charge in [-0.05, 0) is 39.0 Å². The molecule has 1 atom stereocenters. The molecule has 0 aromatic carbocycles. The molecule has 0 N–H and O–H groups in total. The summed E-state index contributed by atoms with van der Waals surface area (Å²) in [4.78, 5) is 9.13. The van der Waals surface area contributed by atoms with E-state index >= 15 is 0 Å². The van der Waals surface area contributed by atoms with Crippen LogP contribution >= 0.6 is 0 Å². The van der Waals surface area contributed by atoms with Gasteiger partial charge in [-0.3, -0.25) is 9.67 Å². The van der Waals surface area contributed by atoms with Crippen molar-refractivity contribution in [2.45, 2.75) is 33.1 Å². The Labute approximate surface area is 149 Å². The number of hydrogen-bond donors (Lipinski definition) is 0. The predicted molar refractivity (Wildman–Crippen MR) is 96.6 cm³/mol. The summed E-state index contributed by atoms with van der Waals surface area (Å²) >= 11 is 0. The number of aromatic nitrogens is 4. The maximum Gasteiger partial charge on any atom is 0.211 e. The average molecular weight is 363 g/mol. The highest BCUT2D eigenvalue weighted by atomic mass is 32.2. The lowest BCUT2D eigenvalue weighted by Crippen LogP contribution is -2.39. The molecule has 0 amide bonds. The van der Waals surface area contributed by atoms with Gasteiger partial charge >= 0.3 is 0 Å². The summed E-state index contributed by atoms with van der Waals surface area (Å²) in [5, 5.41) is 4.44. The van der Waals surface area contributed by atoms with E-state index in [4.69, 9.17) is 4.98 Å². The molecule has 1 aliphatic heterocycles. The van der Waals surface area contributed by atoms with Gasteiger partial charge in [-0.15, -0.1) is 0 Å². The van der Waals surface area contributed by atoms with Gasteiger partial charge in [-0.1, -0.05) is 0 Å². The summed E-state index contributed by atoms with van der Waals surface area (Å²) < 4.78 is 27.0. The van der Waals surface area contributed by atoms with Gasteiger partial charge in [0.05, 0.1) is 29.5 Å². The van der Waals surface area contributed by atoms with Gasteiger partial charge in [0, 0.05) is 37.6 Å². The van der Waals surface area contributed by atoms with Crippen LogP contribution in [-0.2, 0) is 23.5 Å². The second-order valence-corrected chi connectivity index (χ2v) is 8.88. The molecule has 0 saturated carbocycles. The van der Waals surface area contributed by atoms with Crippen LogP contribution in [-0.4, -0.2) is 51.8 Å². The van der Waals surface area contributed by atoms with Crippen LogP contribution in [0.15, 0.2) is 12.4 Å². The summed E-state index contributed by atoms with van der Waals surface area (Å²) in [7, 11) is -1.20. The summed E-state index contributed by atoms with van der Waals surface area (Å²) in [5.41, 5.74) is 4.76. The van der Waals surface area contributed by atoms with Crippen LogP contribution in [0.2, 0.25) is 0 Å². The average Bonchev–Trinajstić information content (AvgIpc) is 2.80. The molecule has 0 radical (unpaired) electrons. The number of hydrogen-bond acceptors (Lipinski definition) is 5. The van der Waals surface area contributed by atoms with Crippen molar-refractivity contribution in [1.29, 1.82) is 0 Å². The van der Waals surface area contributed by atoms with Crippen molar-refractivity contribution in [2.75, 3.05) is 19.3 Å². The number of piperidine rings is 1. The molecule has 0 bridgehead atoms. The summed E-state index contributed by atoms with van der Waals surface area (Å²) in [6, 6.07) is 0. The fourth-order valence-corrected chi connectivity index (χ4v) is 4.50. The first-order valence-electron chi connectivity index (χ1n) is 8.52. The molecular formula is C17H25N5O2S. The molecule has 8 heteroatoms. The third-order valence-corrected chi connectivity index (χ3v) is 6.17. The lowest BCUT2D eigenvalue weighted by molar-refractivity contribution is 0.265. The van der Waals surface area contributed by atoms with Crippen molar-refractivity contribution in [1.82, 2.24) is 24.1 Å². The standard InChI is InChI=1S/C17H25N5O2S/c1-12-17(13(2)21(3)20-12)16-10-18-9-15(19-16)8-14-6-5-7-22(11-14)25(4,23)24/h9-10,14H,5-8,11H2,1-4H3. The fraction of sp³-hybridized carbons (Fsp3) is 0.588. The molecule has 1 aliphatic rings. The van der Waals surface area contributed by atoms with Crippen LogP contribution in [0.25, 0.3) is 11.3 Å². The molecule has 2 aromatic heterocycles. The Morgan fingerprint density at radius 1 is 1.28 bits per heavy atom. The van der Waals surface area contributed by atoms with Crippen molar-refractivity contribution < 1.29 is 8.42 Å². The molecule has 2 aromatic rings. The third-order valence-electron chi connectivity index (χ3n) is 4.90. The Balaban J connectivity index is 1.80. The molecule has 0 spiro atoms. The number of sulfonamides is 1. The fourth-order valence-electron chi connectivity index (χ4n) is 3.56. The molecule has 25 heavy (non-hydrogen) atoms. The van der Waals surface area contributed by atoms with Crippen molar-refractivity contribution in [3.63, 3.8) is 0 Å². The Bertz CT molecular complexity index is 875. The molecule has 1 fully saturated rings. The Morgan fingerprint density at radius 2 is 2.04 bits per heavy atom. The lowest BCUT2D eigenvalue weighted by Gasteiger charge is -2.30. The second kappa shape index (κ2) is 6.84. The van der Waals surface area contributed by atoms with Crippen LogP contribution < -0.4 is 0 Å². The van der Waals surface area contributed by atoms with Gasteiger partial charge in [0.2, 0.25) is 10.0 Å². The van der Waals surface area contributed by atoms with Crippen molar-refractivity contribution in [3.8, 4) is 11.3 Å². The number of nitrogens with zero attached hydrogens (tertiary/aromatic N) is 5. The molecule has 3 rings (SSSR count). The van der Waals surface area contributed by atoms with E-state index in [9.17, 15) is 8.42 Å². The largest absolute Gasteiger partial charge is 0.272 e. The quantitative estimate of drug-likeness (QED) is 0.826. The van der Waals surface area contributed by atoms with Crippen LogP contribution in [0, 0.1) is 19.8 Å². The second-order valence-electron chi connectivity index (χ2n) is 6.90. The van der Waals surface area contributed by atoms with Crippen LogP contribution in [0.3, 0.4) is 0 Å². The first-order valence-corrected chi connectivity index (χ1v) is 10.4. The normalized spacial score (nSPS) is 19.3. The Kier molecular flexibility index (Phi) is 4.92. The molecule has 1 saturated heterocycles. The minimum Gasteiger partial charge on any atom is -0.272 e. The Hall–Kier alpha value is -1.80. The van der Waals surface area contributed by atoms with Gasteiger partial charge in [-0.25, -0.2) is 17.7 Å². The predicted octanol–water partition coefficient (Wildman–Crippen LogP) is 1.71. The molecule has 1 unspecified atom stereocenters. The molecule has 3 heterocycles. The first-order chi connectivity index (χ1) is 11.8. The molecule has 7 nitrogen and oxygen atoms in total. The van der Waals surface area contributed by atoms with Crippen molar-refractivity contribution >= 4 is 10.0 Å². The van der Waals surface area contributed by atoms with E-state index in [1.165, 1.54) is 6.26 Å². The Morgan fingerprint density at radius 3 is 2.68 bits per heavy atom. The van der Waals surface area contributed by atoms with E-state index in [0.29, 0.717) is 13.1 Å². The van der Waals surface area contributed by atoms with E-state index in [2.05, 4.69) is 10.1 Å². The van der Waals surface area contributed by atoms with Gasteiger partial charge in [0.25, 0.3) is 0 Å². The van der Waals surface area contributed by atoms with Gasteiger partial charge in [0.15, 0.2) is 0 Å². The number of aryl methyl sites for hydroxylation is 2. The maximum atomic E-state index is 11.8. The highest BCUT2D eigenvalue weighted by molar-refractivity contribution is 7.88. The van der Waals surface area contributed by atoms with E-state index in [0.717, 1.165) is 47.6 Å². The zero-order chi connectivity index (χ0) is 18.2. The monoisotopic (exact) mass is 363 g/mol. The zero-order valence-electron chi connectivity index (χ0n) is 15.2. The summed E-state index contributed by atoms with van der Waals surface area (Å²) in [6.07, 6.45) is 7.48. The molecular weight excluding hydrogens is 338 g/mol. The summed E-state index contributed by atoms with van der Waals surface area (Å²) in [5.74, 6) is 0.282. The molecule has 136 valence electrons. The van der Waals surface area contributed by atoms with Crippen LogP contribution in [0.1, 0.15) is 29.9 Å². The van der Waals surface area contributed by atoms with E-state index in [-0.39, 0.29) is 5.92 Å². The van der Waals surface area contributed by atoms with Crippen LogP contribution in [0.4, 0.5) is 0 Å². The van der Waals surface area contributed by atoms with Crippen molar-refractivity contribution in [2.24, 2.45) is 13.0 Å². The first kappa shape index (κ1) is 18.0. The van der Waals surface area contributed by atoms with Gasteiger partial charge < -0.3 is 0 Å². The third kappa shape index (κ3) is 3.90. The highest BCUT2D eigenvalue weighted by Crippen LogP contribution is 2.26. The molecule has 0 aliphatic carbocycles. The van der Waals surface area contributed by atoms with E-state index < -0.39 is 10.0 Å². The van der Waals surface area contributed by atoms with Crippen LogP contribution in [0.5, 0.6) is 0 Å². The van der Waals surface area contributed by atoms with E-state index in [1.54, 1.807) is 16.7 Å². The SMILES string of the molecule is Cc1nn(C)c(C)c1-c1cncc(CC2CCCN(S(C)(=O)=O)C2)n1. The van der Waals surface area contributed by atoms with Gasteiger partial charge in [-0.2, -0.15) is 5.10 Å².